The Balaban J connectivity index is 1.56. The summed E-state index contributed by atoms with van der Waals surface area (Å²) in [5, 5.41) is 10.2. The van der Waals surface area contributed by atoms with Gasteiger partial charge in [-0.3, -0.25) is 19.7 Å². The van der Waals surface area contributed by atoms with Crippen LogP contribution < -0.4 is 15.0 Å². The largest absolute Gasteiger partial charge is 0.489 e. The van der Waals surface area contributed by atoms with Crippen LogP contribution in [0.2, 0.25) is 0 Å². The van der Waals surface area contributed by atoms with Crippen LogP contribution in [0.25, 0.3) is 10.9 Å². The van der Waals surface area contributed by atoms with Gasteiger partial charge >= 0.3 is 0 Å². The number of nitrogens with zero attached hydrogens (tertiary/aromatic N) is 3. The van der Waals surface area contributed by atoms with Crippen molar-refractivity contribution in [2.45, 2.75) is 6.04 Å². The number of ether oxygens (including phenoxy) is 1. The summed E-state index contributed by atoms with van der Waals surface area (Å²) in [5.41, 5.74) is 1.57. The molecule has 0 aliphatic carbocycles. The minimum Gasteiger partial charge on any atom is -0.489 e. The Kier molecular flexibility index (Phi) is 3.57. The number of amides is 2. The molecule has 0 bridgehead atoms. The van der Waals surface area contributed by atoms with Gasteiger partial charge in [0, 0.05) is 18.6 Å². The number of hydrogen-bond donors (Lipinski definition) is 2. The van der Waals surface area contributed by atoms with Crippen LogP contribution in [-0.4, -0.2) is 46.7 Å². The van der Waals surface area contributed by atoms with Crippen molar-refractivity contribution in [2.24, 2.45) is 0 Å². The topological polar surface area (TPSA) is 100 Å². The number of aromatic amines is 1. The molecule has 0 fully saturated rings. The number of H-pyrrole nitrogens is 1. The van der Waals surface area contributed by atoms with Crippen LogP contribution in [0.1, 0.15) is 10.5 Å². The van der Waals surface area contributed by atoms with Crippen LogP contribution in [0.4, 0.5) is 5.69 Å². The number of para-hydroxylation sites is 2. The molecule has 2 aromatic heterocycles. The molecule has 8 nitrogen and oxygen atoms in total. The maximum atomic E-state index is 12.6. The van der Waals surface area contributed by atoms with Crippen molar-refractivity contribution >= 4 is 28.4 Å². The molecule has 1 atom stereocenters. The molecule has 1 aliphatic heterocycles. The Morgan fingerprint density at radius 1 is 1.36 bits per heavy atom. The van der Waals surface area contributed by atoms with Gasteiger partial charge in [-0.25, -0.2) is 0 Å². The Hall–Kier alpha value is -3.42. The van der Waals surface area contributed by atoms with E-state index in [0.29, 0.717) is 17.0 Å². The molecule has 1 aromatic carbocycles. The van der Waals surface area contributed by atoms with E-state index in [2.05, 4.69) is 20.5 Å². The Morgan fingerprint density at radius 3 is 3.08 bits per heavy atom. The highest BCUT2D eigenvalue weighted by Crippen LogP contribution is 2.29. The van der Waals surface area contributed by atoms with E-state index in [0.717, 1.165) is 5.39 Å². The standard InChI is InChI=1S/C17H15N5O3/c1-22-14-4-2-3-5-15(14)25-9-13(17(22)24)20-16(23)12-6-11-10(7-18-12)8-19-21-11/h2-8,13H,9H2,1H3,(H,19,21)(H,20,23). The van der Waals surface area contributed by atoms with Gasteiger partial charge in [-0.15, -0.1) is 0 Å². The number of fused-ring (bicyclic) bond motifs is 2. The zero-order valence-electron chi connectivity index (χ0n) is 13.4. The number of benzene rings is 1. The second-order valence-corrected chi connectivity index (χ2v) is 5.73. The van der Waals surface area contributed by atoms with Crippen molar-refractivity contribution in [1.82, 2.24) is 20.5 Å². The van der Waals surface area contributed by atoms with Gasteiger partial charge in [-0.2, -0.15) is 5.10 Å². The molecule has 0 spiro atoms. The van der Waals surface area contributed by atoms with Crippen LogP contribution in [0.3, 0.4) is 0 Å². The van der Waals surface area contributed by atoms with Crippen LogP contribution in [0.15, 0.2) is 42.7 Å². The van der Waals surface area contributed by atoms with E-state index in [4.69, 9.17) is 4.74 Å². The summed E-state index contributed by atoms with van der Waals surface area (Å²) < 4.78 is 5.68. The highest BCUT2D eigenvalue weighted by Gasteiger charge is 2.30. The second-order valence-electron chi connectivity index (χ2n) is 5.73. The SMILES string of the molecule is CN1C(=O)C(NC(=O)c2cc3[nH]ncc3cn2)COc2ccccc21. The van der Waals surface area contributed by atoms with E-state index in [1.165, 1.54) is 4.90 Å². The summed E-state index contributed by atoms with van der Waals surface area (Å²) in [6.07, 6.45) is 3.18. The Morgan fingerprint density at radius 2 is 2.20 bits per heavy atom. The average Bonchev–Trinajstić information content (AvgIpc) is 3.07. The first-order valence-electron chi connectivity index (χ1n) is 7.73. The third-order valence-electron chi connectivity index (χ3n) is 4.12. The maximum Gasteiger partial charge on any atom is 0.270 e. The van der Waals surface area contributed by atoms with Crippen molar-refractivity contribution in [2.75, 3.05) is 18.6 Å². The first-order chi connectivity index (χ1) is 12.1. The molecule has 3 heterocycles. The zero-order valence-corrected chi connectivity index (χ0v) is 13.4. The minimum absolute atomic E-state index is 0.0538. The number of likely N-dealkylation sites (N-methyl/N-ethyl adjacent to an activating group) is 1. The summed E-state index contributed by atoms with van der Waals surface area (Å²) >= 11 is 0. The highest BCUT2D eigenvalue weighted by molar-refractivity contribution is 6.03. The second kappa shape index (κ2) is 5.90. The summed E-state index contributed by atoms with van der Waals surface area (Å²) in [7, 11) is 1.66. The van der Waals surface area contributed by atoms with Crippen LogP contribution in [0.5, 0.6) is 5.75 Å². The van der Waals surface area contributed by atoms with E-state index in [-0.39, 0.29) is 18.2 Å². The Labute approximate surface area is 142 Å². The van der Waals surface area contributed by atoms with Crippen molar-refractivity contribution in [3.63, 3.8) is 0 Å². The van der Waals surface area contributed by atoms with Gasteiger partial charge in [0.25, 0.3) is 11.8 Å². The lowest BCUT2D eigenvalue weighted by Crippen LogP contribution is -2.49. The zero-order chi connectivity index (χ0) is 17.4. The molecule has 0 radical (unpaired) electrons. The molecule has 3 aromatic rings. The highest BCUT2D eigenvalue weighted by atomic mass is 16.5. The Bertz CT molecular complexity index is 968. The van der Waals surface area contributed by atoms with Gasteiger partial charge in [-0.1, -0.05) is 12.1 Å². The smallest absolute Gasteiger partial charge is 0.270 e. The third kappa shape index (κ3) is 2.67. The predicted molar refractivity (Wildman–Crippen MR) is 90.5 cm³/mol. The number of carbonyl (C=O) groups is 2. The van der Waals surface area contributed by atoms with Crippen molar-refractivity contribution in [1.29, 1.82) is 0 Å². The fourth-order valence-electron chi connectivity index (χ4n) is 2.75. The molecule has 0 saturated carbocycles. The lowest BCUT2D eigenvalue weighted by Gasteiger charge is -2.20. The fraction of sp³-hybridized carbons (Fsp3) is 0.176. The number of rotatable bonds is 2. The lowest BCUT2D eigenvalue weighted by molar-refractivity contribution is -0.120. The third-order valence-corrected chi connectivity index (χ3v) is 4.12. The molecule has 126 valence electrons. The van der Waals surface area contributed by atoms with Gasteiger partial charge in [-0.05, 0) is 18.2 Å². The molecule has 25 heavy (non-hydrogen) atoms. The molecule has 2 amide bonds. The van der Waals surface area contributed by atoms with E-state index in [9.17, 15) is 9.59 Å². The summed E-state index contributed by atoms with van der Waals surface area (Å²) in [6.45, 7) is 0.0538. The fourth-order valence-corrected chi connectivity index (χ4v) is 2.75. The van der Waals surface area contributed by atoms with Gasteiger partial charge in [0.05, 0.1) is 17.4 Å². The number of anilines is 1. The molecule has 2 N–H and O–H groups in total. The number of pyridine rings is 1. The number of hydrogen-bond acceptors (Lipinski definition) is 5. The maximum absolute atomic E-state index is 12.6. The monoisotopic (exact) mass is 337 g/mol. The van der Waals surface area contributed by atoms with Gasteiger partial charge in [0.2, 0.25) is 0 Å². The number of nitrogens with one attached hydrogen (secondary N) is 2. The van der Waals surface area contributed by atoms with Gasteiger partial charge < -0.3 is 15.0 Å². The lowest BCUT2D eigenvalue weighted by atomic mass is 10.2. The van der Waals surface area contributed by atoms with Gasteiger partial charge in [0.1, 0.15) is 24.1 Å². The molecule has 8 heteroatoms. The summed E-state index contributed by atoms with van der Waals surface area (Å²) in [6, 6.07) is 8.04. The molecular weight excluding hydrogens is 322 g/mol. The molecule has 1 aliphatic rings. The van der Waals surface area contributed by atoms with Crippen LogP contribution in [-0.2, 0) is 4.79 Å². The average molecular weight is 337 g/mol. The molecule has 4 rings (SSSR count). The van der Waals surface area contributed by atoms with Crippen LogP contribution in [0, 0.1) is 0 Å². The van der Waals surface area contributed by atoms with Crippen molar-refractivity contribution in [3.8, 4) is 5.75 Å². The van der Waals surface area contributed by atoms with Gasteiger partial charge in [0.15, 0.2) is 0 Å². The molecule has 0 saturated heterocycles. The quantitative estimate of drug-likeness (QED) is 0.730. The minimum atomic E-state index is -0.802. The van der Waals surface area contributed by atoms with Crippen molar-refractivity contribution in [3.05, 3.63) is 48.4 Å². The normalized spacial score (nSPS) is 16.9. The van der Waals surface area contributed by atoms with Crippen molar-refractivity contribution < 1.29 is 14.3 Å². The first kappa shape index (κ1) is 15.1. The van der Waals surface area contributed by atoms with E-state index < -0.39 is 11.9 Å². The number of aromatic nitrogens is 3. The summed E-state index contributed by atoms with van der Waals surface area (Å²) in [4.78, 5) is 30.7. The first-order valence-corrected chi connectivity index (χ1v) is 7.73. The van der Waals surface area contributed by atoms with Crippen LogP contribution >= 0.6 is 0 Å². The number of carbonyl (C=O) groups excluding carboxylic acids is 2. The van der Waals surface area contributed by atoms with E-state index in [1.54, 1.807) is 37.6 Å². The van der Waals surface area contributed by atoms with E-state index >= 15 is 0 Å². The van der Waals surface area contributed by atoms with E-state index in [1.807, 2.05) is 12.1 Å². The molecular formula is C17H15N5O3. The predicted octanol–water partition coefficient (Wildman–Crippen LogP) is 1.11. The summed E-state index contributed by atoms with van der Waals surface area (Å²) in [5.74, 6) is -0.0918. The molecule has 1 unspecified atom stereocenters.